The quantitative estimate of drug-likeness (QED) is 0.574. The molecule has 3 heterocycles. The molecule has 0 aliphatic carbocycles. The highest BCUT2D eigenvalue weighted by molar-refractivity contribution is 5.98. The van der Waals surface area contributed by atoms with Crippen LogP contribution in [0.1, 0.15) is 94.8 Å². The summed E-state index contributed by atoms with van der Waals surface area (Å²) in [5, 5.41) is 0. The van der Waals surface area contributed by atoms with E-state index in [0.717, 1.165) is 28.9 Å². The molecule has 1 aromatic carbocycles. The van der Waals surface area contributed by atoms with Crippen molar-refractivity contribution in [2.75, 3.05) is 0 Å². The van der Waals surface area contributed by atoms with E-state index >= 15 is 0 Å². The van der Waals surface area contributed by atoms with Crippen molar-refractivity contribution in [3.05, 3.63) is 65.0 Å². The highest BCUT2D eigenvalue weighted by atomic mass is 16.2. The number of fused-ring (bicyclic) bond motifs is 2. The molecule has 0 saturated carbocycles. The lowest BCUT2D eigenvalue weighted by atomic mass is 10.1. The summed E-state index contributed by atoms with van der Waals surface area (Å²) >= 11 is 0. The molecule has 1 aromatic heterocycles. The van der Waals surface area contributed by atoms with Crippen molar-refractivity contribution in [3.8, 4) is 0 Å². The second-order valence-electron chi connectivity index (χ2n) is 7.21. The second kappa shape index (κ2) is 13.6. The molecule has 0 saturated heterocycles. The van der Waals surface area contributed by atoms with Gasteiger partial charge in [-0.15, -0.1) is 0 Å². The lowest BCUT2D eigenvalue weighted by molar-refractivity contribution is 0.0722. The molecule has 0 fully saturated rings. The van der Waals surface area contributed by atoms with Crippen LogP contribution < -0.4 is 0 Å². The van der Waals surface area contributed by atoms with E-state index in [4.69, 9.17) is 0 Å². The van der Waals surface area contributed by atoms with Crippen LogP contribution in [0.5, 0.6) is 0 Å². The Morgan fingerprint density at radius 2 is 1.23 bits per heavy atom. The van der Waals surface area contributed by atoms with Crippen molar-refractivity contribution in [1.82, 2.24) is 14.8 Å². The zero-order chi connectivity index (χ0) is 22.8. The smallest absolute Gasteiger partial charge is 0.256 e. The van der Waals surface area contributed by atoms with Gasteiger partial charge in [0.2, 0.25) is 0 Å². The summed E-state index contributed by atoms with van der Waals surface area (Å²) in [6.07, 6.45) is 1.73. The Morgan fingerprint density at radius 3 is 1.74 bits per heavy atom. The summed E-state index contributed by atoms with van der Waals surface area (Å²) in [6, 6.07) is 12.0. The second-order valence-corrected chi connectivity index (χ2v) is 7.21. The Morgan fingerprint density at radius 1 is 0.742 bits per heavy atom. The number of hydrogen-bond donors (Lipinski definition) is 0. The number of amides is 2. The summed E-state index contributed by atoms with van der Waals surface area (Å²) in [6.45, 7) is 17.6. The summed E-state index contributed by atoms with van der Waals surface area (Å²) < 4.78 is 0. The van der Waals surface area contributed by atoms with E-state index in [2.05, 4.69) is 4.98 Å². The third-order valence-corrected chi connectivity index (χ3v) is 4.80. The van der Waals surface area contributed by atoms with Gasteiger partial charge in [-0.05, 0) is 51.5 Å². The van der Waals surface area contributed by atoms with Crippen LogP contribution >= 0.6 is 0 Å². The molecule has 31 heavy (non-hydrogen) atoms. The molecule has 5 heteroatoms. The van der Waals surface area contributed by atoms with Crippen molar-refractivity contribution < 1.29 is 9.59 Å². The Labute approximate surface area is 189 Å². The fourth-order valence-corrected chi connectivity index (χ4v) is 3.26. The molecular formula is C26H41N3O2. The maximum absolute atomic E-state index is 11.8. The van der Waals surface area contributed by atoms with Gasteiger partial charge in [0, 0.05) is 30.4 Å². The van der Waals surface area contributed by atoms with Crippen LogP contribution in [0.3, 0.4) is 0 Å². The molecule has 5 nitrogen and oxygen atoms in total. The molecule has 0 N–H and O–H groups in total. The van der Waals surface area contributed by atoms with Gasteiger partial charge in [0.05, 0.1) is 17.8 Å². The minimum Gasteiger partial charge on any atom is -0.332 e. The van der Waals surface area contributed by atoms with Crippen LogP contribution in [0.25, 0.3) is 0 Å². The van der Waals surface area contributed by atoms with Gasteiger partial charge in [-0.3, -0.25) is 14.6 Å². The van der Waals surface area contributed by atoms with Crippen molar-refractivity contribution in [2.45, 2.75) is 88.0 Å². The number of carbonyl (C=O) groups excluding carboxylic acids is 2. The first-order valence-corrected chi connectivity index (χ1v) is 11.0. The predicted molar refractivity (Wildman–Crippen MR) is 130 cm³/mol. The Hall–Kier alpha value is -2.69. The minimum absolute atomic E-state index is 0. The monoisotopic (exact) mass is 427 g/mol. The third-order valence-electron chi connectivity index (χ3n) is 4.80. The number of hydrogen-bond acceptors (Lipinski definition) is 3. The van der Waals surface area contributed by atoms with Crippen molar-refractivity contribution in [3.63, 3.8) is 0 Å². The standard InChI is InChI=1S/C11H13NO.C10H12N2O.2C2H6.CH4/c1-8(2)12-7-9-5-3-4-6-10(9)11(12)13;1-7(2)12-6-9-8(10(12)13)4-3-5-11-9;2*1-2;/h3-6,8H,7H2,1-2H3;3-5,7H,6H2,1-2H3;2*1-2H3;1H4. The predicted octanol–water partition coefficient (Wildman–Crippen LogP) is 6.19. The van der Waals surface area contributed by atoms with Gasteiger partial charge >= 0.3 is 0 Å². The number of aromatic nitrogens is 1. The van der Waals surface area contributed by atoms with Crippen molar-refractivity contribution >= 4 is 11.8 Å². The molecule has 172 valence electrons. The first-order chi connectivity index (χ1) is 14.4. The van der Waals surface area contributed by atoms with Gasteiger partial charge in [0.25, 0.3) is 11.8 Å². The number of pyridine rings is 1. The maximum atomic E-state index is 11.8. The first-order valence-electron chi connectivity index (χ1n) is 11.0. The van der Waals surface area contributed by atoms with Gasteiger partial charge in [-0.25, -0.2) is 0 Å². The molecule has 2 aliphatic heterocycles. The summed E-state index contributed by atoms with van der Waals surface area (Å²) in [5.41, 5.74) is 3.69. The molecule has 4 rings (SSSR count). The lowest BCUT2D eigenvalue weighted by Crippen LogP contribution is -2.30. The van der Waals surface area contributed by atoms with Gasteiger partial charge in [0.15, 0.2) is 0 Å². The van der Waals surface area contributed by atoms with Crippen LogP contribution in [0.2, 0.25) is 0 Å². The molecule has 0 spiro atoms. The molecular weight excluding hydrogens is 386 g/mol. The van der Waals surface area contributed by atoms with Gasteiger partial charge in [0.1, 0.15) is 0 Å². The van der Waals surface area contributed by atoms with E-state index < -0.39 is 0 Å². The zero-order valence-corrected chi connectivity index (χ0v) is 19.8. The van der Waals surface area contributed by atoms with Crippen molar-refractivity contribution in [2.24, 2.45) is 0 Å². The normalized spacial score (nSPS) is 13.2. The van der Waals surface area contributed by atoms with Crippen molar-refractivity contribution in [1.29, 1.82) is 0 Å². The van der Waals surface area contributed by atoms with Crippen LogP contribution in [0.15, 0.2) is 42.6 Å². The SMILES string of the molecule is C.CC.CC.CC(C)N1Cc2ccccc2C1=O.CC(C)N1Cc2ncccc2C1=O. The minimum atomic E-state index is 0. The highest BCUT2D eigenvalue weighted by Crippen LogP contribution is 2.24. The van der Waals surface area contributed by atoms with Crippen LogP contribution in [-0.2, 0) is 13.1 Å². The number of carbonyl (C=O) groups is 2. The number of benzene rings is 1. The third kappa shape index (κ3) is 6.65. The van der Waals surface area contributed by atoms with E-state index in [-0.39, 0.29) is 25.3 Å². The fraction of sp³-hybridized carbons (Fsp3) is 0.500. The number of nitrogens with zero attached hydrogens (tertiary/aromatic N) is 3. The molecule has 0 unspecified atom stereocenters. The first kappa shape index (κ1) is 28.3. The Balaban J connectivity index is 0.000000487. The lowest BCUT2D eigenvalue weighted by Gasteiger charge is -2.19. The van der Waals surface area contributed by atoms with E-state index in [1.165, 1.54) is 0 Å². The van der Waals surface area contributed by atoms with Crippen LogP contribution in [-0.4, -0.2) is 38.7 Å². The zero-order valence-electron chi connectivity index (χ0n) is 19.8. The average molecular weight is 428 g/mol. The summed E-state index contributed by atoms with van der Waals surface area (Å²) in [5.74, 6) is 0.281. The Bertz CT molecular complexity index is 761. The molecule has 2 aliphatic rings. The van der Waals surface area contributed by atoms with E-state index in [1.54, 1.807) is 12.3 Å². The maximum Gasteiger partial charge on any atom is 0.256 e. The summed E-state index contributed by atoms with van der Waals surface area (Å²) in [4.78, 5) is 31.4. The highest BCUT2D eigenvalue weighted by Gasteiger charge is 2.29. The molecule has 2 amide bonds. The molecule has 0 bridgehead atoms. The van der Waals surface area contributed by atoms with Gasteiger partial charge in [-0.1, -0.05) is 53.3 Å². The summed E-state index contributed by atoms with van der Waals surface area (Å²) in [7, 11) is 0. The van der Waals surface area contributed by atoms with Gasteiger partial charge < -0.3 is 9.80 Å². The molecule has 2 aromatic rings. The fourth-order valence-electron chi connectivity index (χ4n) is 3.26. The largest absolute Gasteiger partial charge is 0.332 e. The van der Waals surface area contributed by atoms with Gasteiger partial charge in [-0.2, -0.15) is 0 Å². The molecule has 0 atom stereocenters. The topological polar surface area (TPSA) is 53.5 Å². The van der Waals surface area contributed by atoms with E-state index in [1.807, 2.05) is 95.5 Å². The van der Waals surface area contributed by atoms with E-state index in [9.17, 15) is 9.59 Å². The Kier molecular flexibility index (Phi) is 12.4. The van der Waals surface area contributed by atoms with Crippen LogP contribution in [0, 0.1) is 0 Å². The number of rotatable bonds is 2. The average Bonchev–Trinajstić information content (AvgIpc) is 3.30. The van der Waals surface area contributed by atoms with E-state index in [0.29, 0.717) is 12.6 Å². The molecule has 0 radical (unpaired) electrons. The van der Waals surface area contributed by atoms with Crippen LogP contribution in [0.4, 0.5) is 0 Å².